The van der Waals surface area contributed by atoms with Crippen LogP contribution in [0.1, 0.15) is 18.2 Å². The van der Waals surface area contributed by atoms with Crippen molar-refractivity contribution in [3.8, 4) is 0 Å². The van der Waals surface area contributed by atoms with Crippen LogP contribution in [0.25, 0.3) is 0 Å². The van der Waals surface area contributed by atoms with Gasteiger partial charge >= 0.3 is 12.1 Å². The number of likely N-dealkylation sites (N-methyl/N-ethyl adjacent to an activating group) is 1. The second kappa shape index (κ2) is 8.11. The van der Waals surface area contributed by atoms with Gasteiger partial charge in [-0.3, -0.25) is 4.90 Å². The van der Waals surface area contributed by atoms with Crippen LogP contribution in [-0.4, -0.2) is 77.5 Å². The second-order valence-corrected chi connectivity index (χ2v) is 7.10. The van der Waals surface area contributed by atoms with Gasteiger partial charge in [-0.1, -0.05) is 0 Å². The highest BCUT2D eigenvalue weighted by molar-refractivity contribution is 5.44. The molecule has 4 rings (SSSR count). The Morgan fingerprint density at radius 2 is 2.00 bits per heavy atom. The second-order valence-electron chi connectivity index (χ2n) is 7.10. The minimum atomic E-state index is -4.62. The fourth-order valence-corrected chi connectivity index (χ4v) is 3.53. The number of ether oxygens (including phenoxy) is 1. The van der Waals surface area contributed by atoms with E-state index >= 15 is 0 Å². The third kappa shape index (κ3) is 4.58. The molecule has 2 fully saturated rings. The summed E-state index contributed by atoms with van der Waals surface area (Å²) >= 11 is 0. The fraction of sp³-hybridized carbons (Fsp3) is 0.647. The van der Waals surface area contributed by atoms with Crippen LogP contribution < -0.4 is 9.80 Å². The van der Waals surface area contributed by atoms with Crippen molar-refractivity contribution in [2.45, 2.75) is 25.2 Å². The largest absolute Gasteiger partial charge is 0.470 e. The Balaban J connectivity index is 1.37. The Kier molecular flexibility index (Phi) is 5.54. The van der Waals surface area contributed by atoms with E-state index in [1.807, 2.05) is 18.0 Å². The average Bonchev–Trinajstić information content (AvgIpc) is 3.38. The zero-order valence-electron chi connectivity index (χ0n) is 16.0. The van der Waals surface area contributed by atoms with Crippen molar-refractivity contribution >= 4 is 11.8 Å². The van der Waals surface area contributed by atoms with Gasteiger partial charge in [0, 0.05) is 45.5 Å². The van der Waals surface area contributed by atoms with E-state index in [9.17, 15) is 13.2 Å². The average molecular weight is 413 g/mol. The monoisotopic (exact) mass is 413 g/mol. The van der Waals surface area contributed by atoms with Gasteiger partial charge in [0.1, 0.15) is 5.82 Å². The summed E-state index contributed by atoms with van der Waals surface area (Å²) in [7, 11) is 1.97. The van der Waals surface area contributed by atoms with Gasteiger partial charge in [0.05, 0.1) is 19.8 Å². The molecule has 0 bridgehead atoms. The number of rotatable bonds is 5. The molecular weight excluding hydrogens is 391 g/mol. The first-order valence-electron chi connectivity index (χ1n) is 9.40. The van der Waals surface area contributed by atoms with E-state index in [-0.39, 0.29) is 18.5 Å². The summed E-state index contributed by atoms with van der Waals surface area (Å²) in [4.78, 5) is 15.2. The first kappa shape index (κ1) is 19.8. The molecule has 2 aromatic heterocycles. The van der Waals surface area contributed by atoms with Crippen LogP contribution in [0.5, 0.6) is 0 Å². The van der Waals surface area contributed by atoms with Crippen LogP contribution in [0.4, 0.5) is 24.9 Å². The van der Waals surface area contributed by atoms with Gasteiger partial charge < -0.3 is 19.0 Å². The lowest BCUT2D eigenvalue weighted by Gasteiger charge is -2.29. The zero-order chi connectivity index (χ0) is 20.4. The molecule has 0 N–H and O–H groups in total. The normalized spacial score (nSPS) is 21.0. The lowest BCUT2D eigenvalue weighted by atomic mass is 10.2. The molecule has 0 spiro atoms. The van der Waals surface area contributed by atoms with Crippen LogP contribution in [-0.2, 0) is 17.5 Å². The number of hydrogen-bond acceptors (Lipinski definition) is 9. The van der Waals surface area contributed by atoms with Gasteiger partial charge in [-0.25, -0.2) is 4.98 Å². The van der Waals surface area contributed by atoms with Gasteiger partial charge in [0.2, 0.25) is 11.8 Å². The van der Waals surface area contributed by atoms with Crippen LogP contribution in [0.15, 0.2) is 16.7 Å². The highest BCUT2D eigenvalue weighted by atomic mass is 19.4. The van der Waals surface area contributed by atoms with E-state index < -0.39 is 12.1 Å². The maximum atomic E-state index is 12.6. The van der Waals surface area contributed by atoms with Gasteiger partial charge in [-0.15, -0.1) is 10.2 Å². The molecule has 158 valence electrons. The molecule has 0 saturated carbocycles. The summed E-state index contributed by atoms with van der Waals surface area (Å²) in [6.07, 6.45) is -2.02. The molecule has 0 amide bonds. The number of halogens is 3. The van der Waals surface area contributed by atoms with E-state index in [1.54, 1.807) is 6.20 Å². The third-order valence-electron chi connectivity index (χ3n) is 5.15. The molecule has 29 heavy (non-hydrogen) atoms. The first-order valence-corrected chi connectivity index (χ1v) is 9.40. The molecule has 2 aliphatic heterocycles. The summed E-state index contributed by atoms with van der Waals surface area (Å²) in [6, 6.07) is 2.03. The summed E-state index contributed by atoms with van der Waals surface area (Å²) < 4.78 is 47.9. The van der Waals surface area contributed by atoms with Gasteiger partial charge in [-0.05, 0) is 12.5 Å². The molecular formula is C17H22F3N7O2. The number of anilines is 2. The smallest absolute Gasteiger partial charge is 0.416 e. The summed E-state index contributed by atoms with van der Waals surface area (Å²) in [5.74, 6) is 0.151. The summed E-state index contributed by atoms with van der Waals surface area (Å²) in [5.41, 5.74) is 0. The molecule has 12 heteroatoms. The number of hydrogen-bond donors (Lipinski definition) is 0. The summed E-state index contributed by atoms with van der Waals surface area (Å²) in [5, 5.41) is 6.59. The van der Waals surface area contributed by atoms with E-state index in [0.29, 0.717) is 25.7 Å². The van der Waals surface area contributed by atoms with E-state index in [0.717, 1.165) is 31.9 Å². The van der Waals surface area contributed by atoms with E-state index in [2.05, 4.69) is 30.0 Å². The lowest BCUT2D eigenvalue weighted by molar-refractivity contribution is -0.157. The number of aromatic nitrogens is 4. The highest BCUT2D eigenvalue weighted by Gasteiger charge is 2.38. The Morgan fingerprint density at radius 3 is 2.72 bits per heavy atom. The number of alkyl halides is 3. The van der Waals surface area contributed by atoms with E-state index in [4.69, 9.17) is 9.15 Å². The molecule has 2 aromatic rings. The SMILES string of the molecule is CN(c1ccnc(N2CCOCC2)n1)C1CCN(Cc2nnc(C(F)(F)F)o2)C1. The van der Waals surface area contributed by atoms with Crippen LogP contribution in [0.3, 0.4) is 0 Å². The molecule has 0 radical (unpaired) electrons. The predicted octanol–water partition coefficient (Wildman–Crippen LogP) is 1.43. The third-order valence-corrected chi connectivity index (χ3v) is 5.15. The van der Waals surface area contributed by atoms with Gasteiger partial charge in [0.15, 0.2) is 0 Å². The van der Waals surface area contributed by atoms with Crippen molar-refractivity contribution in [3.05, 3.63) is 24.0 Å². The molecule has 4 heterocycles. The van der Waals surface area contributed by atoms with Crippen LogP contribution in [0.2, 0.25) is 0 Å². The van der Waals surface area contributed by atoms with Crippen molar-refractivity contribution in [1.82, 2.24) is 25.1 Å². The highest BCUT2D eigenvalue weighted by Crippen LogP contribution is 2.28. The van der Waals surface area contributed by atoms with Gasteiger partial charge in [0.25, 0.3) is 0 Å². The van der Waals surface area contributed by atoms with Crippen LogP contribution in [0, 0.1) is 0 Å². The minimum Gasteiger partial charge on any atom is -0.416 e. The zero-order valence-corrected chi connectivity index (χ0v) is 16.0. The predicted molar refractivity (Wildman–Crippen MR) is 96.4 cm³/mol. The fourth-order valence-electron chi connectivity index (χ4n) is 3.53. The molecule has 0 aliphatic carbocycles. The molecule has 2 aliphatic rings. The van der Waals surface area contributed by atoms with Gasteiger partial charge in [-0.2, -0.15) is 18.2 Å². The lowest BCUT2D eigenvalue weighted by Crippen LogP contribution is -2.38. The van der Waals surface area contributed by atoms with E-state index in [1.165, 1.54) is 0 Å². The van der Waals surface area contributed by atoms with Crippen molar-refractivity contribution in [2.24, 2.45) is 0 Å². The van der Waals surface area contributed by atoms with Crippen molar-refractivity contribution in [3.63, 3.8) is 0 Å². The van der Waals surface area contributed by atoms with Crippen molar-refractivity contribution in [2.75, 3.05) is 56.2 Å². The first-order chi connectivity index (χ1) is 13.9. The number of likely N-dealkylation sites (tertiary alicyclic amines) is 1. The molecule has 0 aromatic carbocycles. The number of nitrogens with zero attached hydrogens (tertiary/aromatic N) is 7. The Labute approximate surface area is 165 Å². The minimum absolute atomic E-state index is 0.0303. The Bertz CT molecular complexity index is 825. The maximum absolute atomic E-state index is 12.6. The Morgan fingerprint density at radius 1 is 1.21 bits per heavy atom. The van der Waals surface area contributed by atoms with Crippen molar-refractivity contribution < 1.29 is 22.3 Å². The molecule has 2 saturated heterocycles. The maximum Gasteiger partial charge on any atom is 0.470 e. The topological polar surface area (TPSA) is 83.7 Å². The molecule has 1 unspecified atom stereocenters. The van der Waals surface area contributed by atoms with Crippen LogP contribution >= 0.6 is 0 Å². The molecule has 9 nitrogen and oxygen atoms in total. The standard InChI is InChI=1S/C17H22F3N7O2/c1-25(13-2-4-21-16(22-13)27-6-8-28-9-7-27)12-3-5-26(10-12)11-14-23-24-15(29-14)17(18,19)20/h2,4,12H,3,5-11H2,1H3. The Hall–Kier alpha value is -2.47. The van der Waals surface area contributed by atoms with Crippen molar-refractivity contribution in [1.29, 1.82) is 0 Å². The number of morpholine rings is 1. The summed E-state index contributed by atoms with van der Waals surface area (Å²) in [6.45, 7) is 4.41. The molecule has 1 atom stereocenters. The quantitative estimate of drug-likeness (QED) is 0.723.